The van der Waals surface area contributed by atoms with E-state index in [0.29, 0.717) is 11.5 Å². The number of carbonyl (C=O) groups is 1. The first-order valence-corrected chi connectivity index (χ1v) is 9.71. The minimum atomic E-state index is -0.606. The van der Waals surface area contributed by atoms with Crippen molar-refractivity contribution in [3.8, 4) is 17.2 Å². The van der Waals surface area contributed by atoms with Crippen LogP contribution >= 0.6 is 11.8 Å². The smallest absolute Gasteiger partial charge is 0.277 e. The third-order valence-electron chi connectivity index (χ3n) is 4.30. The second kappa shape index (κ2) is 8.02. The Balaban J connectivity index is 1.55. The van der Waals surface area contributed by atoms with Crippen LogP contribution in [0.15, 0.2) is 58.2 Å². The van der Waals surface area contributed by atoms with Crippen LogP contribution < -0.4 is 10.1 Å². The van der Waals surface area contributed by atoms with Crippen molar-refractivity contribution in [2.24, 2.45) is 0 Å². The number of carbonyl (C=O) groups excluding carboxylic acids is 1. The van der Waals surface area contributed by atoms with Crippen LogP contribution in [0.4, 0.5) is 4.39 Å². The summed E-state index contributed by atoms with van der Waals surface area (Å²) in [5.41, 5.74) is 1.43. The molecule has 1 fully saturated rings. The van der Waals surface area contributed by atoms with Gasteiger partial charge in [-0.25, -0.2) is 4.39 Å². The summed E-state index contributed by atoms with van der Waals surface area (Å²) in [6, 6.07) is 13.3. The summed E-state index contributed by atoms with van der Waals surface area (Å²) < 4.78 is 24.2. The fourth-order valence-electron chi connectivity index (χ4n) is 2.62. The maximum Gasteiger partial charge on any atom is 0.277 e. The lowest BCUT2D eigenvalue weighted by Gasteiger charge is -2.14. The number of benzene rings is 2. The van der Waals surface area contributed by atoms with Crippen LogP contribution in [0.5, 0.6) is 5.75 Å². The van der Waals surface area contributed by atoms with Crippen molar-refractivity contribution in [1.29, 1.82) is 0 Å². The highest BCUT2D eigenvalue weighted by atomic mass is 32.2. The van der Waals surface area contributed by atoms with E-state index in [9.17, 15) is 9.18 Å². The molecule has 1 atom stereocenters. The molecule has 1 aromatic heterocycles. The lowest BCUT2D eigenvalue weighted by Crippen LogP contribution is -2.29. The fourth-order valence-corrected chi connectivity index (χ4v) is 3.51. The molecular weight excluding hydrogens is 381 g/mol. The third kappa shape index (κ3) is 4.33. The molecular formula is C20H18FN3O3S. The number of methoxy groups -OCH3 is 1. The number of amides is 1. The number of ether oxygens (including phenoxy) is 1. The molecule has 0 spiro atoms. The van der Waals surface area contributed by atoms with Crippen molar-refractivity contribution in [1.82, 2.24) is 15.5 Å². The molecule has 0 radical (unpaired) electrons. The van der Waals surface area contributed by atoms with Gasteiger partial charge in [0, 0.05) is 11.6 Å². The molecule has 0 aliphatic heterocycles. The van der Waals surface area contributed by atoms with E-state index in [1.165, 1.54) is 12.1 Å². The van der Waals surface area contributed by atoms with Gasteiger partial charge in [0.15, 0.2) is 0 Å². The lowest BCUT2D eigenvalue weighted by atomic mass is 10.1. The molecule has 28 heavy (non-hydrogen) atoms. The van der Waals surface area contributed by atoms with Gasteiger partial charge in [-0.15, -0.1) is 10.2 Å². The van der Waals surface area contributed by atoms with Crippen LogP contribution in [-0.4, -0.2) is 29.3 Å². The minimum Gasteiger partial charge on any atom is -0.497 e. The van der Waals surface area contributed by atoms with E-state index in [4.69, 9.17) is 9.15 Å². The van der Waals surface area contributed by atoms with Gasteiger partial charge in [-0.2, -0.15) is 0 Å². The number of hydrogen-bond acceptors (Lipinski definition) is 6. The van der Waals surface area contributed by atoms with Gasteiger partial charge in [0.05, 0.1) is 7.11 Å². The third-order valence-corrected chi connectivity index (χ3v) is 5.39. The Morgan fingerprint density at radius 1 is 1.18 bits per heavy atom. The number of aromatic nitrogens is 2. The first-order valence-electron chi connectivity index (χ1n) is 8.83. The van der Waals surface area contributed by atoms with E-state index < -0.39 is 5.25 Å². The van der Waals surface area contributed by atoms with E-state index in [1.807, 2.05) is 12.1 Å². The summed E-state index contributed by atoms with van der Waals surface area (Å²) in [5.74, 6) is 0.578. The number of nitrogens with zero attached hydrogens (tertiary/aromatic N) is 2. The van der Waals surface area contributed by atoms with E-state index in [-0.39, 0.29) is 23.0 Å². The largest absolute Gasteiger partial charge is 0.497 e. The van der Waals surface area contributed by atoms with Crippen LogP contribution in [0.3, 0.4) is 0 Å². The Kier molecular flexibility index (Phi) is 5.29. The Bertz CT molecular complexity index is 956. The zero-order valence-corrected chi connectivity index (χ0v) is 15.9. The van der Waals surface area contributed by atoms with E-state index >= 15 is 0 Å². The van der Waals surface area contributed by atoms with Crippen molar-refractivity contribution >= 4 is 17.7 Å². The highest BCUT2D eigenvalue weighted by Crippen LogP contribution is 2.37. The van der Waals surface area contributed by atoms with Crippen molar-refractivity contribution in [2.75, 3.05) is 7.11 Å². The summed E-state index contributed by atoms with van der Waals surface area (Å²) in [6.07, 6.45) is 1.96. The van der Waals surface area contributed by atoms with Gasteiger partial charge in [0.25, 0.3) is 5.22 Å². The van der Waals surface area contributed by atoms with Gasteiger partial charge in [-0.1, -0.05) is 12.1 Å². The standard InChI is InChI=1S/C20H18FN3O3S/c1-26-16-10-4-13(5-11-16)19-23-24-20(27-19)28-17(18(25)22-15-8-9-15)12-2-6-14(21)7-3-12/h2-7,10-11,15,17H,8-9H2,1H3,(H,22,25). The first kappa shape index (κ1) is 18.5. The number of nitrogens with one attached hydrogen (secondary N) is 1. The van der Waals surface area contributed by atoms with Gasteiger partial charge in [-0.05, 0) is 66.6 Å². The maximum atomic E-state index is 13.3. The molecule has 4 rings (SSSR count). The van der Waals surface area contributed by atoms with Gasteiger partial charge < -0.3 is 14.5 Å². The zero-order chi connectivity index (χ0) is 19.5. The Labute approximate surface area is 165 Å². The predicted molar refractivity (Wildman–Crippen MR) is 102 cm³/mol. The molecule has 1 amide bonds. The summed E-state index contributed by atoms with van der Waals surface area (Å²) in [5, 5.41) is 10.8. The highest BCUT2D eigenvalue weighted by Gasteiger charge is 2.30. The number of thioether (sulfide) groups is 1. The number of rotatable bonds is 7. The first-order chi connectivity index (χ1) is 13.6. The predicted octanol–water partition coefficient (Wildman–Crippen LogP) is 4.00. The molecule has 0 saturated heterocycles. The monoisotopic (exact) mass is 399 g/mol. The summed E-state index contributed by atoms with van der Waals surface area (Å²) in [6.45, 7) is 0. The Morgan fingerprint density at radius 2 is 1.89 bits per heavy atom. The topological polar surface area (TPSA) is 77.2 Å². The summed E-state index contributed by atoms with van der Waals surface area (Å²) >= 11 is 1.15. The quantitative estimate of drug-likeness (QED) is 0.605. The molecule has 8 heteroatoms. The van der Waals surface area contributed by atoms with Crippen molar-refractivity contribution in [2.45, 2.75) is 29.4 Å². The van der Waals surface area contributed by atoms with Crippen LogP contribution in [0.2, 0.25) is 0 Å². The normalized spacial score (nSPS) is 14.5. The fraction of sp³-hybridized carbons (Fsp3) is 0.250. The van der Waals surface area contributed by atoms with E-state index in [1.54, 1.807) is 31.4 Å². The molecule has 2 aromatic carbocycles. The number of hydrogen-bond donors (Lipinski definition) is 1. The number of halogens is 1. The Hall–Kier alpha value is -2.87. The molecule has 0 bridgehead atoms. The van der Waals surface area contributed by atoms with E-state index in [2.05, 4.69) is 15.5 Å². The van der Waals surface area contributed by atoms with Crippen molar-refractivity contribution in [3.63, 3.8) is 0 Å². The van der Waals surface area contributed by atoms with E-state index in [0.717, 1.165) is 35.9 Å². The molecule has 6 nitrogen and oxygen atoms in total. The molecule has 1 aliphatic carbocycles. The minimum absolute atomic E-state index is 0.150. The van der Waals surface area contributed by atoms with Gasteiger partial charge in [0.2, 0.25) is 11.8 Å². The van der Waals surface area contributed by atoms with Crippen LogP contribution in [0.25, 0.3) is 11.5 Å². The highest BCUT2D eigenvalue weighted by molar-refractivity contribution is 8.00. The molecule has 1 aliphatic rings. The van der Waals surface area contributed by atoms with Crippen LogP contribution in [0, 0.1) is 5.82 Å². The maximum absolute atomic E-state index is 13.3. The SMILES string of the molecule is COc1ccc(-c2nnc(SC(C(=O)NC3CC3)c3ccc(F)cc3)o2)cc1. The molecule has 1 saturated carbocycles. The Morgan fingerprint density at radius 3 is 2.54 bits per heavy atom. The van der Waals surface area contributed by atoms with Crippen molar-refractivity contribution < 1.29 is 18.3 Å². The molecule has 1 unspecified atom stereocenters. The summed E-state index contributed by atoms with van der Waals surface area (Å²) in [7, 11) is 1.60. The molecule has 1 heterocycles. The van der Waals surface area contributed by atoms with Gasteiger partial charge in [-0.3, -0.25) is 4.79 Å². The van der Waals surface area contributed by atoms with Crippen LogP contribution in [-0.2, 0) is 4.79 Å². The molecule has 3 aromatic rings. The molecule has 144 valence electrons. The van der Waals surface area contributed by atoms with Gasteiger partial charge in [0.1, 0.15) is 16.8 Å². The second-order valence-electron chi connectivity index (χ2n) is 6.43. The average Bonchev–Trinajstić information content (AvgIpc) is 3.41. The van der Waals surface area contributed by atoms with Gasteiger partial charge >= 0.3 is 0 Å². The molecule has 1 N–H and O–H groups in total. The van der Waals surface area contributed by atoms with Crippen molar-refractivity contribution in [3.05, 3.63) is 59.9 Å². The summed E-state index contributed by atoms with van der Waals surface area (Å²) in [4.78, 5) is 12.7. The average molecular weight is 399 g/mol. The zero-order valence-electron chi connectivity index (χ0n) is 15.1. The second-order valence-corrected chi connectivity index (χ2v) is 7.49. The lowest BCUT2D eigenvalue weighted by molar-refractivity contribution is -0.120. The van der Waals surface area contributed by atoms with Crippen LogP contribution in [0.1, 0.15) is 23.7 Å².